The fourth-order valence-corrected chi connectivity index (χ4v) is 4.48. The minimum absolute atomic E-state index is 0.350. The van der Waals surface area contributed by atoms with Gasteiger partial charge in [-0.25, -0.2) is 13.2 Å². The van der Waals surface area contributed by atoms with Crippen molar-refractivity contribution < 1.29 is 32.3 Å². The van der Waals surface area contributed by atoms with E-state index in [0.717, 1.165) is 6.26 Å². The smallest absolute Gasteiger partial charge is 0.351 e. The Morgan fingerprint density at radius 1 is 1.24 bits per heavy atom. The number of ether oxygens (including phenoxy) is 2. The van der Waals surface area contributed by atoms with Gasteiger partial charge >= 0.3 is 5.97 Å². The van der Waals surface area contributed by atoms with E-state index in [9.17, 15) is 18.0 Å². The number of hydrogen-bond acceptors (Lipinski definition) is 8. The van der Waals surface area contributed by atoms with Gasteiger partial charge in [0.2, 0.25) is 5.91 Å². The maximum absolute atomic E-state index is 12.8. The van der Waals surface area contributed by atoms with Crippen LogP contribution < -0.4 is 20.7 Å². The number of sulfone groups is 1. The number of rotatable bonds is 10. The van der Waals surface area contributed by atoms with Crippen molar-refractivity contribution in [3.05, 3.63) is 23.8 Å². The molecule has 0 spiro atoms. The van der Waals surface area contributed by atoms with E-state index in [1.54, 1.807) is 39.0 Å². The van der Waals surface area contributed by atoms with Crippen molar-refractivity contribution in [2.45, 2.75) is 39.2 Å². The summed E-state index contributed by atoms with van der Waals surface area (Å²) in [5.41, 5.74) is -1.27. The monoisotopic (exact) mass is 430 g/mol. The van der Waals surface area contributed by atoms with Crippen molar-refractivity contribution in [2.24, 2.45) is 11.8 Å². The van der Waals surface area contributed by atoms with Crippen LogP contribution in [-0.2, 0) is 24.3 Å². The van der Waals surface area contributed by atoms with Gasteiger partial charge in [-0.15, -0.1) is 0 Å². The number of hydrogen-bond donors (Lipinski definition) is 2. The molecule has 1 amide bonds. The molecule has 0 saturated heterocycles. The molecule has 0 aliphatic rings. The van der Waals surface area contributed by atoms with E-state index < -0.39 is 44.8 Å². The van der Waals surface area contributed by atoms with Gasteiger partial charge in [0.25, 0.3) is 0 Å². The largest absolute Gasteiger partial charge is 0.493 e. The summed E-state index contributed by atoms with van der Waals surface area (Å²) < 4.78 is 35.4. The molecule has 0 aliphatic heterocycles. The van der Waals surface area contributed by atoms with Crippen LogP contribution in [0.15, 0.2) is 18.2 Å². The highest BCUT2D eigenvalue weighted by Gasteiger charge is 2.52. The Kier molecular flexibility index (Phi) is 8.46. The second kappa shape index (κ2) is 9.93. The number of nitrogens with one attached hydrogen (secondary N) is 1. The topological polar surface area (TPSA) is 134 Å². The molecular formula is C19H30N2O7S. The molecule has 0 bridgehead atoms. The Labute approximate surface area is 171 Å². The lowest BCUT2D eigenvalue weighted by molar-refractivity contribution is -0.157. The van der Waals surface area contributed by atoms with Crippen LogP contribution in [0.2, 0.25) is 0 Å². The van der Waals surface area contributed by atoms with E-state index in [2.05, 4.69) is 10.2 Å². The quantitative estimate of drug-likeness (QED) is 0.528. The van der Waals surface area contributed by atoms with Crippen LogP contribution in [0, 0.1) is 5.92 Å². The number of amides is 1. The lowest BCUT2D eigenvalue weighted by Crippen LogP contribution is -2.63. The van der Waals surface area contributed by atoms with Gasteiger partial charge in [0, 0.05) is 19.1 Å². The molecule has 0 fully saturated rings. The van der Waals surface area contributed by atoms with E-state index in [1.807, 2.05) is 0 Å². The number of carbonyl (C=O) groups excluding carboxylic acids is 2. The van der Waals surface area contributed by atoms with Gasteiger partial charge in [-0.2, -0.15) is 5.90 Å². The van der Waals surface area contributed by atoms with Crippen LogP contribution in [0.25, 0.3) is 0 Å². The van der Waals surface area contributed by atoms with Crippen molar-refractivity contribution >= 4 is 21.7 Å². The van der Waals surface area contributed by atoms with Crippen molar-refractivity contribution in [3.63, 3.8) is 0 Å². The van der Waals surface area contributed by atoms with Gasteiger partial charge in [0.1, 0.15) is 15.4 Å². The van der Waals surface area contributed by atoms with Crippen LogP contribution in [0.5, 0.6) is 11.5 Å². The zero-order chi connectivity index (χ0) is 22.4. The first kappa shape index (κ1) is 24.7. The number of methoxy groups -OCH3 is 1. The average molecular weight is 431 g/mol. The Morgan fingerprint density at radius 3 is 2.28 bits per heavy atom. The molecule has 0 radical (unpaired) electrons. The van der Waals surface area contributed by atoms with Crippen molar-refractivity contribution in [1.82, 2.24) is 5.32 Å². The molecule has 29 heavy (non-hydrogen) atoms. The van der Waals surface area contributed by atoms with Gasteiger partial charge in [-0.3, -0.25) is 4.79 Å². The molecule has 0 aromatic heterocycles. The molecule has 0 aliphatic carbocycles. The molecule has 1 aromatic rings. The van der Waals surface area contributed by atoms with Crippen LogP contribution in [-0.4, -0.2) is 51.6 Å². The van der Waals surface area contributed by atoms with Gasteiger partial charge < -0.3 is 19.6 Å². The highest BCUT2D eigenvalue weighted by atomic mass is 32.2. The number of nitrogens with two attached hydrogens (primary N) is 1. The summed E-state index contributed by atoms with van der Waals surface area (Å²) in [6.45, 7) is 6.73. The lowest BCUT2D eigenvalue weighted by Gasteiger charge is -2.41. The highest BCUT2D eigenvalue weighted by molar-refractivity contribution is 7.90. The Morgan fingerprint density at radius 2 is 1.86 bits per heavy atom. The van der Waals surface area contributed by atoms with Crippen LogP contribution in [0.4, 0.5) is 0 Å². The van der Waals surface area contributed by atoms with E-state index in [1.165, 1.54) is 14.0 Å². The van der Waals surface area contributed by atoms with Gasteiger partial charge in [-0.05, 0) is 30.5 Å². The first-order valence-corrected chi connectivity index (χ1v) is 11.2. The van der Waals surface area contributed by atoms with E-state index >= 15 is 0 Å². The molecule has 1 rings (SSSR count). The molecule has 1 unspecified atom stereocenters. The van der Waals surface area contributed by atoms with E-state index in [4.69, 9.17) is 15.4 Å². The van der Waals surface area contributed by atoms with E-state index in [-0.39, 0.29) is 0 Å². The molecule has 1 aromatic carbocycles. The SMILES string of the molecule is CCOc1cc([C@H](CS(C)(=O)=O)C(NC(C)=O)(C(=O)ON)C(C)C)ccc1OC. The summed E-state index contributed by atoms with van der Waals surface area (Å²) in [5, 5.41) is 2.61. The minimum Gasteiger partial charge on any atom is -0.493 e. The highest BCUT2D eigenvalue weighted by Crippen LogP contribution is 2.40. The van der Waals surface area contributed by atoms with Crippen molar-refractivity contribution in [1.29, 1.82) is 0 Å². The summed E-state index contributed by atoms with van der Waals surface area (Å²) in [6.07, 6.45) is 1.06. The van der Waals surface area contributed by atoms with Gasteiger partial charge in [0.15, 0.2) is 11.5 Å². The summed E-state index contributed by atoms with van der Waals surface area (Å²) in [5.74, 6) is 2.57. The fourth-order valence-electron chi connectivity index (χ4n) is 3.42. The first-order chi connectivity index (χ1) is 13.4. The van der Waals surface area contributed by atoms with Crippen molar-refractivity contribution in [2.75, 3.05) is 25.7 Å². The minimum atomic E-state index is -3.58. The molecule has 10 heteroatoms. The summed E-state index contributed by atoms with van der Waals surface area (Å²) in [7, 11) is -2.10. The number of benzene rings is 1. The first-order valence-electron chi connectivity index (χ1n) is 9.11. The van der Waals surface area contributed by atoms with Crippen LogP contribution in [0.3, 0.4) is 0 Å². The lowest BCUT2D eigenvalue weighted by atomic mass is 9.72. The standard InChI is InChI=1S/C19H30N2O7S/c1-7-27-17-10-14(8-9-16(17)26-5)15(11-29(6,24)25)19(12(2)3,18(23)28-20)21-13(4)22/h8-10,12,15H,7,11,20H2,1-6H3,(H,21,22)/t15-,19?/m0/s1. The summed E-state index contributed by atoms with van der Waals surface area (Å²) in [6, 6.07) is 4.84. The maximum atomic E-state index is 12.8. The Bertz CT molecular complexity index is 839. The third-order valence-electron chi connectivity index (χ3n) is 4.65. The third kappa shape index (κ3) is 5.83. The maximum Gasteiger partial charge on any atom is 0.351 e. The molecule has 0 saturated carbocycles. The third-order valence-corrected chi connectivity index (χ3v) is 5.59. The fraction of sp³-hybridized carbons (Fsp3) is 0.579. The predicted octanol–water partition coefficient (Wildman–Crippen LogP) is 1.17. The molecule has 3 N–H and O–H groups in total. The zero-order valence-corrected chi connectivity index (χ0v) is 18.5. The van der Waals surface area contributed by atoms with Gasteiger partial charge in [0.05, 0.1) is 19.5 Å². The molecule has 9 nitrogen and oxygen atoms in total. The number of carbonyl (C=O) groups is 2. The Balaban J connectivity index is 3.82. The second-order valence-electron chi connectivity index (χ2n) is 7.10. The molecule has 0 heterocycles. The second-order valence-corrected chi connectivity index (χ2v) is 9.28. The van der Waals surface area contributed by atoms with Crippen LogP contribution >= 0.6 is 0 Å². The van der Waals surface area contributed by atoms with Crippen LogP contribution in [0.1, 0.15) is 39.2 Å². The average Bonchev–Trinajstić information content (AvgIpc) is 2.62. The zero-order valence-electron chi connectivity index (χ0n) is 17.6. The van der Waals surface area contributed by atoms with E-state index in [0.29, 0.717) is 23.7 Å². The summed E-state index contributed by atoms with van der Waals surface area (Å²) in [4.78, 5) is 29.3. The normalized spacial score (nSPS) is 14.6. The molecular weight excluding hydrogens is 400 g/mol. The predicted molar refractivity (Wildman–Crippen MR) is 108 cm³/mol. The molecule has 2 atom stereocenters. The Hall–Kier alpha value is -2.33. The summed E-state index contributed by atoms with van der Waals surface area (Å²) >= 11 is 0. The van der Waals surface area contributed by atoms with Gasteiger partial charge in [-0.1, -0.05) is 19.9 Å². The van der Waals surface area contributed by atoms with Crippen molar-refractivity contribution in [3.8, 4) is 11.5 Å². The molecule has 164 valence electrons.